The number of carbonyl (C=O) groups excluding carboxylic acids is 1. The highest BCUT2D eigenvalue weighted by molar-refractivity contribution is 7.20. The van der Waals surface area contributed by atoms with Gasteiger partial charge in [-0.1, -0.05) is 23.2 Å². The molecule has 1 aromatic heterocycles. The summed E-state index contributed by atoms with van der Waals surface area (Å²) in [7, 11) is 0. The van der Waals surface area contributed by atoms with Crippen LogP contribution in [-0.4, -0.2) is 25.0 Å². The summed E-state index contributed by atoms with van der Waals surface area (Å²) < 4.78 is 0.989. The molecule has 2 heterocycles. The second-order valence-corrected chi connectivity index (χ2v) is 6.89. The highest BCUT2D eigenvalue weighted by Gasteiger charge is 2.23. The minimum absolute atomic E-state index is 0.138. The number of halogens is 2. The Labute approximate surface area is 121 Å². The van der Waals surface area contributed by atoms with Crippen LogP contribution in [0, 0.1) is 5.92 Å². The van der Waals surface area contributed by atoms with Crippen molar-refractivity contribution in [2.45, 2.75) is 25.8 Å². The highest BCUT2D eigenvalue weighted by Crippen LogP contribution is 2.31. The molecule has 1 amide bonds. The monoisotopic (exact) mass is 306 g/mol. The molecule has 2 rings (SSSR count). The molecule has 6 heteroatoms. The summed E-state index contributed by atoms with van der Waals surface area (Å²) in [5, 5.41) is 6.35. The molecular weight excluding hydrogens is 291 g/mol. The second-order valence-electron chi connectivity index (χ2n) is 4.61. The van der Waals surface area contributed by atoms with Gasteiger partial charge in [-0.3, -0.25) is 4.79 Å². The zero-order valence-corrected chi connectivity index (χ0v) is 12.5. The summed E-state index contributed by atoms with van der Waals surface area (Å²) in [5.41, 5.74) is 0.474. The second kappa shape index (κ2) is 6.24. The van der Waals surface area contributed by atoms with Crippen LogP contribution in [0.4, 0.5) is 0 Å². The van der Waals surface area contributed by atoms with Gasteiger partial charge >= 0.3 is 0 Å². The van der Waals surface area contributed by atoms with Crippen LogP contribution in [0.2, 0.25) is 8.67 Å². The van der Waals surface area contributed by atoms with Crippen LogP contribution < -0.4 is 10.6 Å². The van der Waals surface area contributed by atoms with Gasteiger partial charge < -0.3 is 10.6 Å². The van der Waals surface area contributed by atoms with Crippen molar-refractivity contribution in [1.82, 2.24) is 10.6 Å². The van der Waals surface area contributed by atoms with E-state index in [0.717, 1.165) is 25.9 Å². The summed E-state index contributed by atoms with van der Waals surface area (Å²) in [6.45, 7) is 4.07. The summed E-state index contributed by atoms with van der Waals surface area (Å²) in [4.78, 5) is 12.1. The standard InChI is InChI=1S/C12H16Cl2N2OS/c1-7(8-3-2-4-15-6-8)16-12(17)9-5-10(13)18-11(9)14/h5,7-8,15H,2-4,6H2,1H3,(H,16,17). The Morgan fingerprint density at radius 1 is 1.61 bits per heavy atom. The first kappa shape index (κ1) is 14.1. The average Bonchev–Trinajstić information content (AvgIpc) is 2.69. The van der Waals surface area contributed by atoms with Gasteiger partial charge in [0, 0.05) is 6.04 Å². The van der Waals surface area contributed by atoms with Crippen molar-refractivity contribution < 1.29 is 4.79 Å². The molecule has 1 fully saturated rings. The van der Waals surface area contributed by atoms with E-state index in [1.807, 2.05) is 6.92 Å². The maximum absolute atomic E-state index is 12.1. The lowest BCUT2D eigenvalue weighted by Gasteiger charge is -2.28. The first-order valence-corrected chi connectivity index (χ1v) is 7.61. The Hall–Kier alpha value is -0.290. The van der Waals surface area contributed by atoms with Gasteiger partial charge in [0.05, 0.1) is 9.90 Å². The maximum Gasteiger partial charge on any atom is 0.253 e. The first-order chi connectivity index (χ1) is 8.58. The number of thiophene rings is 1. The molecule has 0 aromatic carbocycles. The topological polar surface area (TPSA) is 41.1 Å². The van der Waals surface area contributed by atoms with Gasteiger partial charge in [0.2, 0.25) is 0 Å². The summed E-state index contributed by atoms with van der Waals surface area (Å²) in [6, 6.07) is 1.76. The average molecular weight is 307 g/mol. The predicted octanol–water partition coefficient (Wildman–Crippen LogP) is 3.17. The molecule has 0 bridgehead atoms. The number of amides is 1. The molecule has 0 saturated carbocycles. The molecule has 2 atom stereocenters. The number of hydrogen-bond acceptors (Lipinski definition) is 3. The molecule has 0 spiro atoms. The van der Waals surface area contributed by atoms with Crippen molar-refractivity contribution in [3.05, 3.63) is 20.3 Å². The van der Waals surface area contributed by atoms with Crippen molar-refractivity contribution in [3.63, 3.8) is 0 Å². The van der Waals surface area contributed by atoms with Gasteiger partial charge in [-0.15, -0.1) is 11.3 Å². The van der Waals surface area contributed by atoms with Crippen LogP contribution >= 0.6 is 34.5 Å². The Bertz CT molecular complexity index is 430. The number of piperidine rings is 1. The number of rotatable bonds is 3. The zero-order valence-electron chi connectivity index (χ0n) is 10.1. The Morgan fingerprint density at radius 3 is 2.94 bits per heavy atom. The number of nitrogens with one attached hydrogen (secondary N) is 2. The third-order valence-corrected chi connectivity index (χ3v) is 4.79. The Morgan fingerprint density at radius 2 is 2.39 bits per heavy atom. The van der Waals surface area contributed by atoms with Crippen molar-refractivity contribution in [2.24, 2.45) is 5.92 Å². The van der Waals surface area contributed by atoms with Crippen LogP contribution in [0.3, 0.4) is 0 Å². The van der Waals surface area contributed by atoms with Crippen molar-refractivity contribution in [1.29, 1.82) is 0 Å². The normalized spacial score (nSPS) is 21.6. The van der Waals surface area contributed by atoms with E-state index in [1.54, 1.807) is 6.07 Å². The molecule has 18 heavy (non-hydrogen) atoms. The lowest BCUT2D eigenvalue weighted by molar-refractivity contribution is 0.0922. The van der Waals surface area contributed by atoms with E-state index in [9.17, 15) is 4.79 Å². The number of hydrogen-bond donors (Lipinski definition) is 2. The fourth-order valence-electron chi connectivity index (χ4n) is 2.20. The van der Waals surface area contributed by atoms with Gasteiger partial charge in [-0.05, 0) is 44.8 Å². The molecule has 2 unspecified atom stereocenters. The molecule has 1 aromatic rings. The molecule has 3 nitrogen and oxygen atoms in total. The van der Waals surface area contributed by atoms with Gasteiger partial charge in [-0.25, -0.2) is 0 Å². The third kappa shape index (κ3) is 3.38. The lowest BCUT2D eigenvalue weighted by atomic mass is 9.93. The van der Waals surface area contributed by atoms with Gasteiger partial charge in [-0.2, -0.15) is 0 Å². The van der Waals surface area contributed by atoms with Gasteiger partial charge in [0.1, 0.15) is 4.34 Å². The highest BCUT2D eigenvalue weighted by atomic mass is 35.5. The van der Waals surface area contributed by atoms with E-state index >= 15 is 0 Å². The molecule has 1 saturated heterocycles. The summed E-state index contributed by atoms with van der Waals surface area (Å²) >= 11 is 13.0. The fraction of sp³-hybridized carbons (Fsp3) is 0.583. The predicted molar refractivity (Wildman–Crippen MR) is 76.9 cm³/mol. The minimum Gasteiger partial charge on any atom is -0.349 e. The molecular formula is C12H16Cl2N2OS. The summed E-state index contributed by atoms with van der Waals surface area (Å²) in [6.07, 6.45) is 2.31. The molecule has 100 valence electrons. The van der Waals surface area contributed by atoms with E-state index < -0.39 is 0 Å². The van der Waals surface area contributed by atoms with E-state index in [4.69, 9.17) is 23.2 Å². The zero-order chi connectivity index (χ0) is 13.1. The molecule has 1 aliphatic rings. The van der Waals surface area contributed by atoms with Crippen LogP contribution in [0.25, 0.3) is 0 Å². The summed E-state index contributed by atoms with van der Waals surface area (Å²) in [5.74, 6) is 0.344. The van der Waals surface area contributed by atoms with Crippen LogP contribution in [0.1, 0.15) is 30.1 Å². The van der Waals surface area contributed by atoms with E-state index in [0.29, 0.717) is 20.2 Å². The van der Waals surface area contributed by atoms with Crippen LogP contribution in [0.5, 0.6) is 0 Å². The van der Waals surface area contributed by atoms with Gasteiger partial charge in [0.25, 0.3) is 5.91 Å². The van der Waals surface area contributed by atoms with Crippen LogP contribution in [-0.2, 0) is 0 Å². The minimum atomic E-state index is -0.138. The Kier molecular flexibility index (Phi) is 4.90. The fourth-order valence-corrected chi connectivity index (χ4v) is 3.66. The third-order valence-electron chi connectivity index (χ3n) is 3.30. The largest absolute Gasteiger partial charge is 0.349 e. The van der Waals surface area contributed by atoms with E-state index in [1.165, 1.54) is 11.3 Å². The smallest absolute Gasteiger partial charge is 0.253 e. The van der Waals surface area contributed by atoms with Gasteiger partial charge in [0.15, 0.2) is 0 Å². The lowest BCUT2D eigenvalue weighted by Crippen LogP contribution is -2.44. The van der Waals surface area contributed by atoms with Crippen molar-refractivity contribution in [3.8, 4) is 0 Å². The van der Waals surface area contributed by atoms with Crippen molar-refractivity contribution in [2.75, 3.05) is 13.1 Å². The number of carbonyl (C=O) groups is 1. The molecule has 0 radical (unpaired) electrons. The molecule has 2 N–H and O–H groups in total. The van der Waals surface area contributed by atoms with E-state index in [-0.39, 0.29) is 11.9 Å². The Balaban J connectivity index is 1.96. The quantitative estimate of drug-likeness (QED) is 0.900. The SMILES string of the molecule is CC(NC(=O)c1cc(Cl)sc1Cl)C1CCCNC1. The van der Waals surface area contributed by atoms with E-state index in [2.05, 4.69) is 10.6 Å². The van der Waals surface area contributed by atoms with Crippen molar-refractivity contribution >= 4 is 40.4 Å². The first-order valence-electron chi connectivity index (χ1n) is 6.04. The van der Waals surface area contributed by atoms with Crippen LogP contribution in [0.15, 0.2) is 6.07 Å². The maximum atomic E-state index is 12.1. The molecule has 1 aliphatic heterocycles. The molecule has 0 aliphatic carbocycles.